The number of hydrogen-bond donors (Lipinski definition) is 0. The van der Waals surface area contributed by atoms with Gasteiger partial charge in [-0.15, -0.1) is 0 Å². The van der Waals surface area contributed by atoms with Crippen molar-refractivity contribution in [1.82, 2.24) is 4.90 Å². The SMILES string of the molecule is CN(Cc1ccc(Br)cc1)CC(F)(F)F. The highest BCUT2D eigenvalue weighted by Crippen LogP contribution is 2.17. The molecule has 0 aromatic heterocycles. The molecule has 0 radical (unpaired) electrons. The largest absolute Gasteiger partial charge is 0.401 e. The number of nitrogens with zero attached hydrogens (tertiary/aromatic N) is 1. The maximum absolute atomic E-state index is 12.0. The molecule has 0 heterocycles. The third-order valence-electron chi connectivity index (χ3n) is 1.81. The molecule has 1 aromatic carbocycles. The summed E-state index contributed by atoms with van der Waals surface area (Å²) in [7, 11) is 1.45. The first-order valence-electron chi connectivity index (χ1n) is 4.36. The number of alkyl halides is 3. The summed E-state index contributed by atoms with van der Waals surface area (Å²) in [5, 5.41) is 0. The lowest BCUT2D eigenvalue weighted by Gasteiger charge is -2.18. The van der Waals surface area contributed by atoms with Crippen molar-refractivity contribution in [2.75, 3.05) is 13.6 Å². The summed E-state index contributed by atoms with van der Waals surface area (Å²) in [6, 6.07) is 7.24. The molecule has 15 heavy (non-hydrogen) atoms. The molecule has 1 rings (SSSR count). The molecule has 0 saturated heterocycles. The van der Waals surface area contributed by atoms with E-state index in [1.54, 1.807) is 12.1 Å². The normalized spacial score (nSPS) is 12.1. The Bertz CT molecular complexity index is 307. The monoisotopic (exact) mass is 281 g/mol. The number of hydrogen-bond acceptors (Lipinski definition) is 1. The Labute approximate surface area is 95.0 Å². The molecule has 1 aromatic rings. The standard InChI is InChI=1S/C10H11BrF3N/c1-15(7-10(12,13)14)6-8-2-4-9(11)5-3-8/h2-5H,6-7H2,1H3. The molecule has 0 atom stereocenters. The molecule has 0 aliphatic rings. The van der Waals surface area contributed by atoms with Gasteiger partial charge >= 0.3 is 6.18 Å². The first-order chi connectivity index (χ1) is 6.87. The van der Waals surface area contributed by atoms with Crippen molar-refractivity contribution < 1.29 is 13.2 Å². The molecule has 0 N–H and O–H groups in total. The van der Waals surface area contributed by atoms with Crippen LogP contribution < -0.4 is 0 Å². The molecule has 84 valence electrons. The second kappa shape index (κ2) is 4.99. The smallest absolute Gasteiger partial charge is 0.294 e. The van der Waals surface area contributed by atoms with Crippen LogP contribution in [0.3, 0.4) is 0 Å². The van der Waals surface area contributed by atoms with E-state index < -0.39 is 12.7 Å². The minimum atomic E-state index is -4.13. The lowest BCUT2D eigenvalue weighted by atomic mass is 10.2. The van der Waals surface area contributed by atoms with Gasteiger partial charge in [-0.05, 0) is 24.7 Å². The van der Waals surface area contributed by atoms with Crippen LogP contribution in [0.2, 0.25) is 0 Å². The van der Waals surface area contributed by atoms with Crippen molar-refractivity contribution in [2.24, 2.45) is 0 Å². The Balaban J connectivity index is 2.51. The minimum Gasteiger partial charge on any atom is -0.294 e. The zero-order valence-corrected chi connectivity index (χ0v) is 9.77. The molecule has 0 fully saturated rings. The molecule has 5 heteroatoms. The predicted octanol–water partition coefficient (Wildman–Crippen LogP) is 3.44. The Kier molecular flexibility index (Phi) is 4.16. The van der Waals surface area contributed by atoms with Gasteiger partial charge in [0, 0.05) is 11.0 Å². The van der Waals surface area contributed by atoms with Crippen molar-refractivity contribution in [3.8, 4) is 0 Å². The molecule has 1 nitrogen and oxygen atoms in total. The predicted molar refractivity (Wildman–Crippen MR) is 56.5 cm³/mol. The topological polar surface area (TPSA) is 3.24 Å². The molecule has 0 saturated carbocycles. The van der Waals surface area contributed by atoms with E-state index in [1.807, 2.05) is 12.1 Å². The van der Waals surface area contributed by atoms with Gasteiger partial charge in [0.25, 0.3) is 0 Å². The maximum Gasteiger partial charge on any atom is 0.401 e. The lowest BCUT2D eigenvalue weighted by molar-refractivity contribution is -0.144. The fraction of sp³-hybridized carbons (Fsp3) is 0.400. The quantitative estimate of drug-likeness (QED) is 0.820. The highest BCUT2D eigenvalue weighted by molar-refractivity contribution is 9.10. The van der Waals surface area contributed by atoms with E-state index in [0.717, 1.165) is 10.0 Å². The van der Waals surface area contributed by atoms with Gasteiger partial charge in [-0.1, -0.05) is 28.1 Å². The molecular formula is C10H11BrF3N. The maximum atomic E-state index is 12.0. The fourth-order valence-corrected chi connectivity index (χ4v) is 1.53. The van der Waals surface area contributed by atoms with E-state index in [4.69, 9.17) is 0 Å². The van der Waals surface area contributed by atoms with Gasteiger partial charge in [-0.2, -0.15) is 13.2 Å². The summed E-state index contributed by atoms with van der Waals surface area (Å²) in [6.45, 7) is -0.587. The summed E-state index contributed by atoms with van der Waals surface area (Å²) >= 11 is 3.27. The van der Waals surface area contributed by atoms with Crippen LogP contribution in [-0.4, -0.2) is 24.7 Å². The van der Waals surface area contributed by atoms with Crippen molar-refractivity contribution in [3.63, 3.8) is 0 Å². The van der Waals surface area contributed by atoms with Crippen LogP contribution in [0.15, 0.2) is 28.7 Å². The Morgan fingerprint density at radius 3 is 2.20 bits per heavy atom. The Morgan fingerprint density at radius 1 is 1.20 bits per heavy atom. The van der Waals surface area contributed by atoms with Gasteiger partial charge in [0.2, 0.25) is 0 Å². The van der Waals surface area contributed by atoms with Crippen LogP contribution >= 0.6 is 15.9 Å². The van der Waals surface area contributed by atoms with Crippen molar-refractivity contribution >= 4 is 15.9 Å². The first-order valence-corrected chi connectivity index (χ1v) is 5.16. The Hall–Kier alpha value is -0.550. The summed E-state index contributed by atoms with van der Waals surface area (Å²) < 4.78 is 37.0. The summed E-state index contributed by atoms with van der Waals surface area (Å²) in [6.07, 6.45) is -4.13. The molecule has 0 aliphatic heterocycles. The lowest BCUT2D eigenvalue weighted by Crippen LogP contribution is -2.30. The molecule has 0 aliphatic carbocycles. The van der Waals surface area contributed by atoms with Crippen molar-refractivity contribution in [2.45, 2.75) is 12.7 Å². The summed E-state index contributed by atoms with van der Waals surface area (Å²) in [5.41, 5.74) is 0.866. The summed E-state index contributed by atoms with van der Waals surface area (Å²) in [4.78, 5) is 1.24. The highest BCUT2D eigenvalue weighted by Gasteiger charge is 2.28. The van der Waals surface area contributed by atoms with Crippen LogP contribution in [0.4, 0.5) is 13.2 Å². The van der Waals surface area contributed by atoms with Crippen molar-refractivity contribution in [3.05, 3.63) is 34.3 Å². The molecule has 0 amide bonds. The van der Waals surface area contributed by atoms with Crippen LogP contribution in [0.5, 0.6) is 0 Å². The van der Waals surface area contributed by atoms with Gasteiger partial charge in [-0.3, -0.25) is 4.90 Å². The fourth-order valence-electron chi connectivity index (χ4n) is 1.26. The van der Waals surface area contributed by atoms with E-state index >= 15 is 0 Å². The molecule has 0 spiro atoms. The Morgan fingerprint density at radius 2 is 1.73 bits per heavy atom. The van der Waals surface area contributed by atoms with Gasteiger partial charge < -0.3 is 0 Å². The average Bonchev–Trinajstić information content (AvgIpc) is 2.05. The van der Waals surface area contributed by atoms with E-state index in [0.29, 0.717) is 6.54 Å². The van der Waals surface area contributed by atoms with E-state index in [-0.39, 0.29) is 0 Å². The van der Waals surface area contributed by atoms with Crippen molar-refractivity contribution in [1.29, 1.82) is 0 Å². The van der Waals surface area contributed by atoms with Crippen LogP contribution in [0, 0.1) is 0 Å². The number of rotatable bonds is 3. The van der Waals surface area contributed by atoms with E-state index in [1.165, 1.54) is 11.9 Å². The van der Waals surface area contributed by atoms with Crippen LogP contribution in [-0.2, 0) is 6.54 Å². The minimum absolute atomic E-state index is 0.298. The van der Waals surface area contributed by atoms with Gasteiger partial charge in [-0.25, -0.2) is 0 Å². The molecular weight excluding hydrogens is 271 g/mol. The number of halogens is 4. The second-order valence-electron chi connectivity index (χ2n) is 3.41. The third kappa shape index (κ3) is 5.18. The van der Waals surface area contributed by atoms with E-state index in [9.17, 15) is 13.2 Å². The number of benzene rings is 1. The van der Waals surface area contributed by atoms with Crippen LogP contribution in [0.25, 0.3) is 0 Å². The third-order valence-corrected chi connectivity index (χ3v) is 2.34. The highest BCUT2D eigenvalue weighted by atomic mass is 79.9. The molecule has 0 unspecified atom stereocenters. The van der Waals surface area contributed by atoms with E-state index in [2.05, 4.69) is 15.9 Å². The molecule has 0 bridgehead atoms. The van der Waals surface area contributed by atoms with Gasteiger partial charge in [0.1, 0.15) is 0 Å². The van der Waals surface area contributed by atoms with Crippen LogP contribution in [0.1, 0.15) is 5.56 Å². The zero-order chi connectivity index (χ0) is 11.5. The second-order valence-corrected chi connectivity index (χ2v) is 4.33. The first kappa shape index (κ1) is 12.5. The van der Waals surface area contributed by atoms with Gasteiger partial charge in [0.15, 0.2) is 0 Å². The van der Waals surface area contributed by atoms with Gasteiger partial charge in [0.05, 0.1) is 6.54 Å². The summed E-state index contributed by atoms with van der Waals surface area (Å²) in [5.74, 6) is 0. The zero-order valence-electron chi connectivity index (χ0n) is 8.18. The average molecular weight is 282 g/mol.